The van der Waals surface area contributed by atoms with Crippen molar-refractivity contribution in [3.63, 3.8) is 0 Å². The normalized spacial score (nSPS) is 15.9. The number of hydrogen-bond acceptors (Lipinski definition) is 7. The van der Waals surface area contributed by atoms with Crippen molar-refractivity contribution in [2.24, 2.45) is 4.99 Å². The van der Waals surface area contributed by atoms with Crippen molar-refractivity contribution in [3.05, 3.63) is 105 Å². The topological polar surface area (TPSA) is 73.8 Å². The van der Waals surface area contributed by atoms with Crippen LogP contribution in [-0.2, 0) is 9.53 Å². The predicted octanol–water partition coefficient (Wildman–Crippen LogP) is 4.19. The molecule has 166 valence electrons. The number of rotatable bonds is 5. The Balaban J connectivity index is 1.82. The molecule has 1 aliphatic heterocycles. The number of thiazole rings is 1. The molecule has 0 unspecified atom stereocenters. The molecule has 3 aromatic heterocycles. The molecule has 33 heavy (non-hydrogen) atoms. The summed E-state index contributed by atoms with van der Waals surface area (Å²) < 4.78 is 13.9. The standard InChI is InChI=1S/C24H17IN2O4S2/c1-2-30-23(29)19-20(14-7-4-3-5-8-14)26-24-27(21(19)16-9-6-12-32-16)22(28)17(33-24)13-15-10-11-18(25)31-15/h3-13,21H,2H2,1H3/b17-13-/t21-/m0/s1. The molecule has 1 aliphatic rings. The summed E-state index contributed by atoms with van der Waals surface area (Å²) in [7, 11) is 0. The van der Waals surface area contributed by atoms with Crippen LogP contribution in [0.1, 0.15) is 29.2 Å². The summed E-state index contributed by atoms with van der Waals surface area (Å²) in [6, 6.07) is 16.4. The van der Waals surface area contributed by atoms with Crippen LogP contribution in [0.25, 0.3) is 11.8 Å². The molecule has 9 heteroatoms. The minimum atomic E-state index is -0.630. The zero-order valence-electron chi connectivity index (χ0n) is 17.4. The Kier molecular flexibility index (Phi) is 6.17. The van der Waals surface area contributed by atoms with E-state index in [1.54, 1.807) is 17.6 Å². The fourth-order valence-corrected chi connectivity index (χ4v) is 5.93. The van der Waals surface area contributed by atoms with Crippen molar-refractivity contribution >= 4 is 63.0 Å². The van der Waals surface area contributed by atoms with Crippen LogP contribution < -0.4 is 14.9 Å². The summed E-state index contributed by atoms with van der Waals surface area (Å²) in [5.41, 5.74) is 1.45. The molecule has 5 rings (SSSR count). The fourth-order valence-electron chi connectivity index (χ4n) is 3.69. The molecular formula is C24H17IN2O4S2. The van der Waals surface area contributed by atoms with E-state index in [1.807, 2.05) is 60.0 Å². The average Bonchev–Trinajstić information content (AvgIpc) is 3.55. The second-order valence-electron chi connectivity index (χ2n) is 7.09. The van der Waals surface area contributed by atoms with E-state index in [0.717, 1.165) is 14.2 Å². The molecule has 0 amide bonds. The number of fused-ring (bicyclic) bond motifs is 1. The van der Waals surface area contributed by atoms with Crippen LogP contribution in [0.2, 0.25) is 0 Å². The molecule has 0 saturated carbocycles. The van der Waals surface area contributed by atoms with Gasteiger partial charge in [0, 0.05) is 16.5 Å². The number of hydrogen-bond donors (Lipinski definition) is 0. The van der Waals surface area contributed by atoms with E-state index < -0.39 is 12.0 Å². The molecule has 0 radical (unpaired) electrons. The number of esters is 1. The average molecular weight is 588 g/mol. The monoisotopic (exact) mass is 588 g/mol. The highest BCUT2D eigenvalue weighted by molar-refractivity contribution is 14.1. The third kappa shape index (κ3) is 4.16. The lowest BCUT2D eigenvalue weighted by atomic mass is 9.97. The number of aromatic nitrogens is 1. The van der Waals surface area contributed by atoms with Crippen LogP contribution in [0.15, 0.2) is 79.8 Å². The minimum Gasteiger partial charge on any atom is -0.463 e. The van der Waals surface area contributed by atoms with Gasteiger partial charge in [0.15, 0.2) is 8.57 Å². The predicted molar refractivity (Wildman–Crippen MR) is 137 cm³/mol. The van der Waals surface area contributed by atoms with Crippen molar-refractivity contribution in [1.29, 1.82) is 0 Å². The van der Waals surface area contributed by atoms with E-state index in [0.29, 0.717) is 26.4 Å². The van der Waals surface area contributed by atoms with Gasteiger partial charge in [-0.05, 0) is 53.1 Å². The lowest BCUT2D eigenvalue weighted by molar-refractivity contribution is -0.138. The Bertz CT molecular complexity index is 1530. The van der Waals surface area contributed by atoms with Crippen LogP contribution in [0, 0.1) is 3.77 Å². The lowest BCUT2D eigenvalue weighted by Gasteiger charge is -2.24. The van der Waals surface area contributed by atoms with Gasteiger partial charge in [-0.1, -0.05) is 47.7 Å². The van der Waals surface area contributed by atoms with Crippen molar-refractivity contribution in [2.75, 3.05) is 6.61 Å². The SMILES string of the molecule is CCOC(=O)C1=C(c2ccccc2)N=c2s/c(=C\c3ccc(I)o3)c(=O)n2[C@H]1c1cccs1. The summed E-state index contributed by atoms with van der Waals surface area (Å²) in [5.74, 6) is 0.110. The first kappa shape index (κ1) is 22.1. The first-order valence-corrected chi connectivity index (χ1v) is 12.9. The number of carbonyl (C=O) groups is 1. The maximum absolute atomic E-state index is 13.6. The van der Waals surface area contributed by atoms with E-state index >= 15 is 0 Å². The number of halogens is 1. The van der Waals surface area contributed by atoms with Crippen LogP contribution in [0.5, 0.6) is 0 Å². The Morgan fingerprint density at radius 2 is 2.03 bits per heavy atom. The van der Waals surface area contributed by atoms with Crippen LogP contribution in [0.3, 0.4) is 0 Å². The quantitative estimate of drug-likeness (QED) is 0.259. The third-order valence-electron chi connectivity index (χ3n) is 5.05. The van der Waals surface area contributed by atoms with Crippen molar-refractivity contribution in [2.45, 2.75) is 13.0 Å². The molecule has 0 bridgehead atoms. The largest absolute Gasteiger partial charge is 0.463 e. The van der Waals surface area contributed by atoms with Gasteiger partial charge in [0.1, 0.15) is 11.8 Å². The number of furan rings is 1. The van der Waals surface area contributed by atoms with Gasteiger partial charge >= 0.3 is 5.97 Å². The highest BCUT2D eigenvalue weighted by Crippen LogP contribution is 2.36. The Morgan fingerprint density at radius 3 is 2.70 bits per heavy atom. The van der Waals surface area contributed by atoms with Gasteiger partial charge < -0.3 is 9.15 Å². The first-order valence-electron chi connectivity index (χ1n) is 10.1. The molecule has 1 aromatic carbocycles. The fraction of sp³-hybridized carbons (Fsp3) is 0.125. The van der Waals surface area contributed by atoms with Gasteiger partial charge in [0.25, 0.3) is 5.56 Å². The third-order valence-corrected chi connectivity index (χ3v) is 7.54. The zero-order chi connectivity index (χ0) is 22.9. The van der Waals surface area contributed by atoms with Crippen LogP contribution in [0.4, 0.5) is 0 Å². The van der Waals surface area contributed by atoms with Crippen molar-refractivity contribution < 1.29 is 13.9 Å². The lowest BCUT2D eigenvalue weighted by Crippen LogP contribution is -2.39. The maximum atomic E-state index is 13.6. The summed E-state index contributed by atoms with van der Waals surface area (Å²) in [4.78, 5) is 33.0. The van der Waals surface area contributed by atoms with Crippen LogP contribution >= 0.6 is 45.3 Å². The molecule has 4 aromatic rings. The zero-order valence-corrected chi connectivity index (χ0v) is 21.1. The smallest absolute Gasteiger partial charge is 0.338 e. The minimum absolute atomic E-state index is 0.225. The number of nitrogens with zero attached hydrogens (tertiary/aromatic N) is 2. The molecule has 6 nitrogen and oxygen atoms in total. The number of ether oxygens (including phenoxy) is 1. The van der Waals surface area contributed by atoms with Gasteiger partial charge in [-0.2, -0.15) is 0 Å². The molecule has 1 atom stereocenters. The van der Waals surface area contributed by atoms with Crippen molar-refractivity contribution in [3.8, 4) is 0 Å². The van der Waals surface area contributed by atoms with Gasteiger partial charge in [0.2, 0.25) is 0 Å². The maximum Gasteiger partial charge on any atom is 0.338 e. The summed E-state index contributed by atoms with van der Waals surface area (Å²) in [6.45, 7) is 1.99. The second-order valence-corrected chi connectivity index (χ2v) is 10.1. The Labute approximate surface area is 210 Å². The highest BCUT2D eigenvalue weighted by atomic mass is 127. The number of benzene rings is 1. The molecule has 0 saturated heterocycles. The first-order chi connectivity index (χ1) is 16.1. The molecule has 0 spiro atoms. The molecule has 0 aliphatic carbocycles. The van der Waals surface area contributed by atoms with E-state index in [9.17, 15) is 9.59 Å². The van der Waals surface area contributed by atoms with E-state index in [2.05, 4.69) is 22.6 Å². The van der Waals surface area contributed by atoms with E-state index in [1.165, 1.54) is 22.7 Å². The number of thiophene rings is 1. The van der Waals surface area contributed by atoms with E-state index in [4.69, 9.17) is 14.1 Å². The Morgan fingerprint density at radius 1 is 1.21 bits per heavy atom. The number of carbonyl (C=O) groups excluding carboxylic acids is 1. The van der Waals surface area contributed by atoms with Gasteiger partial charge in [0.05, 0.1) is 22.4 Å². The molecule has 4 heterocycles. The van der Waals surface area contributed by atoms with Gasteiger partial charge in [-0.25, -0.2) is 9.79 Å². The van der Waals surface area contributed by atoms with Crippen molar-refractivity contribution in [1.82, 2.24) is 4.57 Å². The summed E-state index contributed by atoms with van der Waals surface area (Å²) in [5, 5.41) is 1.93. The molecule has 0 N–H and O–H groups in total. The van der Waals surface area contributed by atoms with E-state index in [-0.39, 0.29) is 12.2 Å². The summed E-state index contributed by atoms with van der Waals surface area (Å²) >= 11 is 4.85. The Hall–Kier alpha value is -2.76. The highest BCUT2D eigenvalue weighted by Gasteiger charge is 2.35. The summed E-state index contributed by atoms with van der Waals surface area (Å²) in [6.07, 6.45) is 1.72. The van der Waals surface area contributed by atoms with Crippen LogP contribution in [-0.4, -0.2) is 17.1 Å². The molecule has 0 fully saturated rings. The van der Waals surface area contributed by atoms with Gasteiger partial charge in [-0.3, -0.25) is 9.36 Å². The second kappa shape index (κ2) is 9.24. The molecular weight excluding hydrogens is 571 g/mol. The van der Waals surface area contributed by atoms with Gasteiger partial charge in [-0.15, -0.1) is 11.3 Å².